The summed E-state index contributed by atoms with van der Waals surface area (Å²) in [5.41, 5.74) is 0.307. The summed E-state index contributed by atoms with van der Waals surface area (Å²) < 4.78 is 13.9. The number of thioether (sulfide) groups is 1. The second kappa shape index (κ2) is 8.16. The molecule has 0 atom stereocenters. The molecule has 2 aromatic carbocycles. The summed E-state index contributed by atoms with van der Waals surface area (Å²) in [5.74, 6) is -1.41. The first-order valence-corrected chi connectivity index (χ1v) is 8.92. The van der Waals surface area contributed by atoms with Crippen LogP contribution < -0.4 is 5.32 Å². The zero-order valence-corrected chi connectivity index (χ0v) is 14.9. The second-order valence-electron chi connectivity index (χ2n) is 5.23. The molecule has 0 fully saturated rings. The molecule has 132 valence electrons. The van der Waals surface area contributed by atoms with E-state index in [0.29, 0.717) is 10.2 Å². The van der Waals surface area contributed by atoms with Gasteiger partial charge in [0.05, 0.1) is 17.0 Å². The van der Waals surface area contributed by atoms with Gasteiger partial charge in [-0.25, -0.2) is 9.37 Å². The lowest BCUT2D eigenvalue weighted by Crippen LogP contribution is -2.17. The lowest BCUT2D eigenvalue weighted by atomic mass is 10.0. The summed E-state index contributed by atoms with van der Waals surface area (Å²) in [6.07, 6.45) is 3.25. The Labute approximate surface area is 158 Å². The largest absolute Gasteiger partial charge is 0.340 e. The van der Waals surface area contributed by atoms with Crippen LogP contribution in [0.3, 0.4) is 0 Å². The molecule has 2 N–H and O–H groups in total. The number of aromatic nitrogens is 2. The molecular formula is C18H13ClFN3O2S. The van der Waals surface area contributed by atoms with Crippen LogP contribution in [0.4, 0.5) is 10.1 Å². The maximum atomic E-state index is 13.9. The number of carbonyl (C=O) groups excluding carboxylic acids is 2. The Morgan fingerprint density at radius 1 is 1.19 bits per heavy atom. The third-order valence-corrected chi connectivity index (χ3v) is 4.57. The van der Waals surface area contributed by atoms with Crippen molar-refractivity contribution < 1.29 is 14.0 Å². The number of ketones is 1. The molecule has 0 aliphatic rings. The third-order valence-electron chi connectivity index (χ3n) is 3.43. The third kappa shape index (κ3) is 4.30. The second-order valence-corrected chi connectivity index (χ2v) is 6.63. The normalized spacial score (nSPS) is 10.5. The molecule has 1 aromatic heterocycles. The van der Waals surface area contributed by atoms with Crippen LogP contribution in [0.25, 0.3) is 0 Å². The first-order valence-electron chi connectivity index (χ1n) is 7.55. The van der Waals surface area contributed by atoms with Crippen LogP contribution in [0.1, 0.15) is 15.9 Å². The van der Waals surface area contributed by atoms with Crippen LogP contribution in [-0.4, -0.2) is 27.4 Å². The Hall–Kier alpha value is -2.64. The van der Waals surface area contributed by atoms with Gasteiger partial charge in [-0.15, -0.1) is 0 Å². The Kier molecular flexibility index (Phi) is 5.70. The summed E-state index contributed by atoms with van der Waals surface area (Å²) in [4.78, 5) is 31.8. The van der Waals surface area contributed by atoms with Crippen molar-refractivity contribution in [3.8, 4) is 0 Å². The van der Waals surface area contributed by atoms with Crippen LogP contribution in [0.5, 0.6) is 0 Å². The van der Waals surface area contributed by atoms with Gasteiger partial charge < -0.3 is 10.3 Å². The van der Waals surface area contributed by atoms with E-state index in [1.54, 1.807) is 24.5 Å². The highest BCUT2D eigenvalue weighted by Gasteiger charge is 2.19. The molecule has 1 heterocycles. The van der Waals surface area contributed by atoms with E-state index in [2.05, 4.69) is 15.3 Å². The number of benzene rings is 2. The number of carbonyl (C=O) groups is 2. The zero-order chi connectivity index (χ0) is 18.5. The number of nitrogens with zero attached hydrogens (tertiary/aromatic N) is 1. The Balaban J connectivity index is 1.80. The minimum absolute atomic E-state index is 0.0878. The van der Waals surface area contributed by atoms with E-state index in [0.717, 1.165) is 0 Å². The molecule has 8 heteroatoms. The standard InChI is InChI=1S/C18H13ClFN3O2S/c19-11-5-6-15(23-16(24)10-26-18-21-7-8-22-18)13(9-11)17(25)12-3-1-2-4-14(12)20/h1-9H,10H2,(H,21,22)(H,23,24). The van der Waals surface area contributed by atoms with Crippen molar-refractivity contribution >= 4 is 40.7 Å². The van der Waals surface area contributed by atoms with E-state index in [4.69, 9.17) is 11.6 Å². The molecule has 0 radical (unpaired) electrons. The van der Waals surface area contributed by atoms with Gasteiger partial charge in [-0.05, 0) is 30.3 Å². The van der Waals surface area contributed by atoms with Gasteiger partial charge in [0, 0.05) is 23.0 Å². The number of rotatable bonds is 6. The van der Waals surface area contributed by atoms with Crippen LogP contribution in [0.15, 0.2) is 60.0 Å². The van der Waals surface area contributed by atoms with Gasteiger partial charge >= 0.3 is 0 Å². The highest BCUT2D eigenvalue weighted by molar-refractivity contribution is 7.99. The SMILES string of the molecule is O=C(CSc1ncc[nH]1)Nc1ccc(Cl)cc1C(=O)c1ccccc1F. The molecule has 5 nitrogen and oxygen atoms in total. The van der Waals surface area contributed by atoms with Gasteiger partial charge in [-0.1, -0.05) is 35.5 Å². The summed E-state index contributed by atoms with van der Waals surface area (Å²) in [5, 5.41) is 3.59. The number of hydrogen-bond donors (Lipinski definition) is 2. The van der Waals surface area contributed by atoms with Gasteiger partial charge in [-0.2, -0.15) is 0 Å². The van der Waals surface area contributed by atoms with E-state index in [1.165, 1.54) is 42.1 Å². The predicted octanol–water partition coefficient (Wildman–Crippen LogP) is 4.16. The number of H-pyrrole nitrogens is 1. The van der Waals surface area contributed by atoms with Crippen LogP contribution in [0, 0.1) is 5.82 Å². The van der Waals surface area contributed by atoms with Crippen LogP contribution in [0.2, 0.25) is 5.02 Å². The van der Waals surface area contributed by atoms with Crippen LogP contribution >= 0.6 is 23.4 Å². The lowest BCUT2D eigenvalue weighted by Gasteiger charge is -2.11. The number of halogens is 2. The topological polar surface area (TPSA) is 74.8 Å². The summed E-state index contributed by atoms with van der Waals surface area (Å²) in [6, 6.07) is 10.1. The fourth-order valence-electron chi connectivity index (χ4n) is 2.25. The van der Waals surface area contributed by atoms with Gasteiger partial charge in [0.1, 0.15) is 5.82 Å². The van der Waals surface area contributed by atoms with Gasteiger partial charge in [-0.3, -0.25) is 9.59 Å². The monoisotopic (exact) mass is 389 g/mol. The number of amides is 1. The minimum Gasteiger partial charge on any atom is -0.340 e. The van der Waals surface area contributed by atoms with Crippen molar-refractivity contribution in [2.24, 2.45) is 0 Å². The molecule has 0 bridgehead atoms. The molecule has 0 unspecified atom stereocenters. The molecule has 0 saturated carbocycles. The molecular weight excluding hydrogens is 377 g/mol. The predicted molar refractivity (Wildman–Crippen MR) is 99.2 cm³/mol. The maximum absolute atomic E-state index is 13.9. The number of imidazole rings is 1. The molecule has 0 saturated heterocycles. The van der Waals surface area contributed by atoms with Crippen molar-refractivity contribution in [1.29, 1.82) is 0 Å². The van der Waals surface area contributed by atoms with Crippen molar-refractivity contribution in [3.63, 3.8) is 0 Å². The van der Waals surface area contributed by atoms with Gasteiger partial charge in [0.15, 0.2) is 10.9 Å². The highest BCUT2D eigenvalue weighted by atomic mass is 35.5. The smallest absolute Gasteiger partial charge is 0.234 e. The molecule has 1 amide bonds. The van der Waals surface area contributed by atoms with E-state index in [-0.39, 0.29) is 28.5 Å². The number of nitrogens with one attached hydrogen (secondary N) is 2. The Bertz CT molecular complexity index is 947. The zero-order valence-electron chi connectivity index (χ0n) is 13.3. The fourth-order valence-corrected chi connectivity index (χ4v) is 3.05. The Morgan fingerprint density at radius 3 is 2.73 bits per heavy atom. The van der Waals surface area contributed by atoms with E-state index in [1.807, 2.05) is 0 Å². The maximum Gasteiger partial charge on any atom is 0.234 e. The molecule has 3 aromatic rings. The van der Waals surface area contributed by atoms with Gasteiger partial charge in [0.25, 0.3) is 0 Å². The molecule has 0 aliphatic heterocycles. The summed E-state index contributed by atoms with van der Waals surface area (Å²) in [7, 11) is 0. The van der Waals surface area contributed by atoms with Crippen molar-refractivity contribution in [2.75, 3.05) is 11.1 Å². The average molecular weight is 390 g/mol. The fraction of sp³-hybridized carbons (Fsp3) is 0.0556. The van der Waals surface area contributed by atoms with Crippen LogP contribution in [-0.2, 0) is 4.79 Å². The number of anilines is 1. The first kappa shape index (κ1) is 18.2. The summed E-state index contributed by atoms with van der Waals surface area (Å²) >= 11 is 7.20. The molecule has 26 heavy (non-hydrogen) atoms. The minimum atomic E-state index is -0.636. The lowest BCUT2D eigenvalue weighted by molar-refractivity contribution is -0.113. The Morgan fingerprint density at radius 2 is 2.00 bits per heavy atom. The highest BCUT2D eigenvalue weighted by Crippen LogP contribution is 2.25. The van der Waals surface area contributed by atoms with Crippen molar-refractivity contribution in [1.82, 2.24) is 9.97 Å². The molecule has 0 aliphatic carbocycles. The average Bonchev–Trinajstić information content (AvgIpc) is 3.15. The number of hydrogen-bond acceptors (Lipinski definition) is 4. The van der Waals surface area contributed by atoms with E-state index < -0.39 is 11.6 Å². The summed E-state index contributed by atoms with van der Waals surface area (Å²) in [6.45, 7) is 0. The van der Waals surface area contributed by atoms with Gasteiger partial charge in [0.2, 0.25) is 5.91 Å². The van der Waals surface area contributed by atoms with E-state index >= 15 is 0 Å². The quantitative estimate of drug-likeness (QED) is 0.490. The molecule has 0 spiro atoms. The first-order chi connectivity index (χ1) is 12.5. The van der Waals surface area contributed by atoms with Crippen molar-refractivity contribution in [3.05, 3.63) is 76.8 Å². The molecule has 3 rings (SSSR count). The van der Waals surface area contributed by atoms with Crippen molar-refractivity contribution in [2.45, 2.75) is 5.16 Å². The number of aromatic amines is 1. The van der Waals surface area contributed by atoms with E-state index in [9.17, 15) is 14.0 Å².